The first-order valence-corrected chi connectivity index (χ1v) is 4.25. The number of benzene rings is 1. The molecule has 4 nitrogen and oxygen atoms in total. The summed E-state index contributed by atoms with van der Waals surface area (Å²) >= 11 is 0. The fourth-order valence-electron chi connectivity index (χ4n) is 0.974. The third-order valence-corrected chi connectivity index (χ3v) is 1.69. The molecular formula is C10H11FN4. The second kappa shape index (κ2) is 4.42. The van der Waals surface area contributed by atoms with Gasteiger partial charge in [0.05, 0.1) is 17.7 Å². The van der Waals surface area contributed by atoms with Gasteiger partial charge in [0, 0.05) is 14.1 Å². The number of nitriles is 1. The van der Waals surface area contributed by atoms with Gasteiger partial charge >= 0.3 is 0 Å². The highest BCUT2D eigenvalue weighted by molar-refractivity contribution is 5.67. The topological polar surface area (TPSA) is 65.4 Å². The Bertz CT molecular complexity index is 432. The van der Waals surface area contributed by atoms with Crippen LogP contribution in [0.5, 0.6) is 0 Å². The number of nitrogens with two attached hydrogens (primary N) is 1. The first-order chi connectivity index (χ1) is 7.06. The van der Waals surface area contributed by atoms with Crippen molar-refractivity contribution in [2.75, 3.05) is 19.8 Å². The molecule has 2 N–H and O–H groups in total. The van der Waals surface area contributed by atoms with Crippen molar-refractivity contribution in [3.8, 4) is 6.07 Å². The van der Waals surface area contributed by atoms with Gasteiger partial charge in [-0.05, 0) is 12.1 Å². The summed E-state index contributed by atoms with van der Waals surface area (Å²) in [6.45, 7) is 0. The molecule has 0 heterocycles. The van der Waals surface area contributed by atoms with Crippen molar-refractivity contribution in [3.63, 3.8) is 0 Å². The van der Waals surface area contributed by atoms with Gasteiger partial charge in [-0.1, -0.05) is 0 Å². The molecule has 0 aliphatic heterocycles. The molecule has 0 bridgehead atoms. The number of anilines is 1. The number of aliphatic imine (C=N–C) groups is 1. The van der Waals surface area contributed by atoms with Gasteiger partial charge in [-0.2, -0.15) is 5.26 Å². The largest absolute Gasteiger partial charge is 0.396 e. The average molecular weight is 206 g/mol. The van der Waals surface area contributed by atoms with Crippen molar-refractivity contribution < 1.29 is 4.39 Å². The first kappa shape index (κ1) is 11.0. The maximum atomic E-state index is 13.4. The molecule has 1 rings (SSSR count). The van der Waals surface area contributed by atoms with E-state index in [2.05, 4.69) is 4.99 Å². The Morgan fingerprint density at radius 1 is 1.53 bits per heavy atom. The maximum absolute atomic E-state index is 13.4. The fraction of sp³-hybridized carbons (Fsp3) is 0.200. The summed E-state index contributed by atoms with van der Waals surface area (Å²) in [5.74, 6) is -0.717. The SMILES string of the molecule is CN(C)C=Nc1ccc(N)c(F)c1C#N. The van der Waals surface area contributed by atoms with Crippen LogP contribution >= 0.6 is 0 Å². The lowest BCUT2D eigenvalue weighted by molar-refractivity contribution is 0.628. The molecule has 0 unspecified atom stereocenters. The van der Waals surface area contributed by atoms with Crippen molar-refractivity contribution in [3.05, 3.63) is 23.5 Å². The number of hydrogen-bond donors (Lipinski definition) is 1. The van der Waals surface area contributed by atoms with Crippen LogP contribution in [0.3, 0.4) is 0 Å². The van der Waals surface area contributed by atoms with Crippen molar-refractivity contribution in [2.24, 2.45) is 4.99 Å². The Balaban J connectivity index is 3.21. The highest BCUT2D eigenvalue weighted by atomic mass is 19.1. The van der Waals surface area contributed by atoms with Crippen LogP contribution in [0.2, 0.25) is 0 Å². The van der Waals surface area contributed by atoms with Crippen LogP contribution in [0.4, 0.5) is 15.8 Å². The van der Waals surface area contributed by atoms with Gasteiger partial charge in [-0.25, -0.2) is 9.38 Å². The zero-order valence-corrected chi connectivity index (χ0v) is 8.53. The van der Waals surface area contributed by atoms with Gasteiger partial charge in [0.1, 0.15) is 11.6 Å². The summed E-state index contributed by atoms with van der Waals surface area (Å²) in [7, 11) is 3.56. The minimum absolute atomic E-state index is 0.0460. The van der Waals surface area contributed by atoms with Gasteiger partial charge in [-0.15, -0.1) is 0 Å². The summed E-state index contributed by atoms with van der Waals surface area (Å²) in [5.41, 5.74) is 5.43. The molecule has 0 radical (unpaired) electrons. The Morgan fingerprint density at radius 3 is 2.73 bits per heavy atom. The second-order valence-electron chi connectivity index (χ2n) is 3.18. The second-order valence-corrected chi connectivity index (χ2v) is 3.18. The highest BCUT2D eigenvalue weighted by Crippen LogP contribution is 2.24. The lowest BCUT2D eigenvalue weighted by Crippen LogP contribution is -2.07. The number of halogens is 1. The van der Waals surface area contributed by atoms with Crippen molar-refractivity contribution in [1.29, 1.82) is 5.26 Å². The summed E-state index contributed by atoms with van der Waals surface area (Å²) in [6.07, 6.45) is 1.49. The molecule has 15 heavy (non-hydrogen) atoms. The third kappa shape index (κ3) is 2.44. The van der Waals surface area contributed by atoms with Crippen LogP contribution in [0.1, 0.15) is 5.56 Å². The molecule has 0 amide bonds. The van der Waals surface area contributed by atoms with E-state index in [1.54, 1.807) is 25.1 Å². The van der Waals surface area contributed by atoms with Gasteiger partial charge in [-0.3, -0.25) is 0 Å². The number of nitrogen functional groups attached to an aromatic ring is 1. The lowest BCUT2D eigenvalue weighted by Gasteiger charge is -2.04. The molecule has 0 aliphatic rings. The zero-order chi connectivity index (χ0) is 11.4. The van der Waals surface area contributed by atoms with Crippen molar-refractivity contribution in [1.82, 2.24) is 4.90 Å². The lowest BCUT2D eigenvalue weighted by atomic mass is 10.1. The minimum Gasteiger partial charge on any atom is -0.396 e. The van der Waals surface area contributed by atoms with Gasteiger partial charge in [0.2, 0.25) is 0 Å². The van der Waals surface area contributed by atoms with E-state index < -0.39 is 5.82 Å². The van der Waals surface area contributed by atoms with Gasteiger partial charge in [0.15, 0.2) is 5.82 Å². The Kier molecular flexibility index (Phi) is 3.24. The Labute approximate surface area is 87.4 Å². The molecule has 1 aromatic rings. The third-order valence-electron chi connectivity index (χ3n) is 1.69. The summed E-state index contributed by atoms with van der Waals surface area (Å²) < 4.78 is 13.4. The van der Waals surface area contributed by atoms with E-state index >= 15 is 0 Å². The standard InChI is InChI=1S/C10H11FN4/c1-15(2)6-14-9-4-3-8(13)10(11)7(9)5-12/h3-4,6H,13H2,1-2H3. The Hall–Kier alpha value is -2.09. The van der Waals surface area contributed by atoms with E-state index in [4.69, 9.17) is 11.0 Å². The summed E-state index contributed by atoms with van der Waals surface area (Å²) in [5, 5.41) is 8.76. The predicted octanol–water partition coefficient (Wildman–Crippen LogP) is 1.50. The van der Waals surface area contributed by atoms with E-state index in [0.717, 1.165) is 0 Å². The minimum atomic E-state index is -0.717. The van der Waals surface area contributed by atoms with Crippen LogP contribution in [-0.4, -0.2) is 25.3 Å². The van der Waals surface area contributed by atoms with Crippen molar-refractivity contribution in [2.45, 2.75) is 0 Å². The molecule has 0 saturated carbocycles. The van der Waals surface area contributed by atoms with Crippen molar-refractivity contribution >= 4 is 17.7 Å². The van der Waals surface area contributed by atoms with Crippen LogP contribution in [0.25, 0.3) is 0 Å². The van der Waals surface area contributed by atoms with Crippen LogP contribution in [0.15, 0.2) is 17.1 Å². The normalized spacial score (nSPS) is 10.3. The van der Waals surface area contributed by atoms with Crippen LogP contribution in [0, 0.1) is 17.1 Å². The Morgan fingerprint density at radius 2 is 2.20 bits per heavy atom. The highest BCUT2D eigenvalue weighted by Gasteiger charge is 2.10. The molecule has 78 valence electrons. The quantitative estimate of drug-likeness (QED) is 0.453. The van der Waals surface area contributed by atoms with E-state index in [-0.39, 0.29) is 16.9 Å². The summed E-state index contributed by atoms with van der Waals surface area (Å²) in [6, 6.07) is 4.64. The fourth-order valence-corrected chi connectivity index (χ4v) is 0.974. The smallest absolute Gasteiger partial charge is 0.166 e. The molecule has 0 saturated heterocycles. The predicted molar refractivity (Wildman–Crippen MR) is 57.4 cm³/mol. The van der Waals surface area contributed by atoms with Gasteiger partial charge < -0.3 is 10.6 Å². The monoisotopic (exact) mass is 206 g/mol. The molecule has 5 heteroatoms. The average Bonchev–Trinajstić information content (AvgIpc) is 2.19. The zero-order valence-electron chi connectivity index (χ0n) is 8.53. The van der Waals surface area contributed by atoms with Crippen LogP contribution < -0.4 is 5.73 Å². The van der Waals surface area contributed by atoms with Crippen LogP contribution in [-0.2, 0) is 0 Å². The van der Waals surface area contributed by atoms with E-state index in [1.807, 2.05) is 0 Å². The number of rotatable bonds is 2. The molecule has 0 fully saturated rings. The van der Waals surface area contributed by atoms with E-state index in [0.29, 0.717) is 0 Å². The molecule has 0 spiro atoms. The molecule has 0 aliphatic carbocycles. The molecule has 0 atom stereocenters. The van der Waals surface area contributed by atoms with E-state index in [9.17, 15) is 4.39 Å². The number of hydrogen-bond acceptors (Lipinski definition) is 3. The number of nitrogens with zero attached hydrogens (tertiary/aromatic N) is 3. The molecular weight excluding hydrogens is 195 g/mol. The molecule has 0 aromatic heterocycles. The van der Waals surface area contributed by atoms with Gasteiger partial charge in [0.25, 0.3) is 0 Å². The maximum Gasteiger partial charge on any atom is 0.166 e. The van der Waals surface area contributed by atoms with E-state index in [1.165, 1.54) is 18.5 Å². The first-order valence-electron chi connectivity index (χ1n) is 4.25. The summed E-state index contributed by atoms with van der Waals surface area (Å²) in [4.78, 5) is 5.65. The molecule has 1 aromatic carbocycles.